The lowest BCUT2D eigenvalue weighted by atomic mass is 9.77. The first-order valence-electron chi connectivity index (χ1n) is 11.8. The summed E-state index contributed by atoms with van der Waals surface area (Å²) in [5, 5.41) is 4.41. The fraction of sp³-hybridized carbons (Fsp3) is 0.259. The van der Waals surface area contributed by atoms with Gasteiger partial charge in [0.1, 0.15) is 11.9 Å². The molecule has 5 nitrogen and oxygen atoms in total. The minimum Gasteiger partial charge on any atom is -0.489 e. The zero-order valence-corrected chi connectivity index (χ0v) is 22.3. The summed E-state index contributed by atoms with van der Waals surface area (Å²) in [4.78, 5) is 0.199. The van der Waals surface area contributed by atoms with Gasteiger partial charge in [0, 0.05) is 33.2 Å². The van der Waals surface area contributed by atoms with E-state index < -0.39 is 10.0 Å². The molecular formula is C27H24Cl2N2O3S2. The van der Waals surface area contributed by atoms with Crippen LogP contribution < -0.4 is 14.8 Å². The number of rotatable bonds is 6. The van der Waals surface area contributed by atoms with E-state index in [0.29, 0.717) is 21.8 Å². The third-order valence-electron chi connectivity index (χ3n) is 6.89. The number of benzene rings is 3. The molecule has 9 heteroatoms. The fourth-order valence-electron chi connectivity index (χ4n) is 5.15. The zero-order chi connectivity index (χ0) is 24.9. The molecule has 0 bridgehead atoms. The molecular weight excluding hydrogens is 535 g/mol. The van der Waals surface area contributed by atoms with Crippen molar-refractivity contribution in [1.82, 2.24) is 0 Å². The predicted molar refractivity (Wildman–Crippen MR) is 148 cm³/mol. The average Bonchev–Trinajstić information content (AvgIpc) is 3.30. The number of ether oxygens (including phenoxy) is 1. The van der Waals surface area contributed by atoms with E-state index in [2.05, 4.69) is 40.4 Å². The minimum atomic E-state index is -3.83. The van der Waals surface area contributed by atoms with Crippen LogP contribution in [0.3, 0.4) is 0 Å². The molecule has 3 aromatic carbocycles. The van der Waals surface area contributed by atoms with Crippen LogP contribution in [0.5, 0.6) is 5.75 Å². The van der Waals surface area contributed by atoms with Gasteiger partial charge in [-0.25, -0.2) is 8.42 Å². The lowest BCUT2D eigenvalue weighted by Crippen LogP contribution is -2.31. The van der Waals surface area contributed by atoms with Crippen LogP contribution in [0.1, 0.15) is 29.5 Å². The van der Waals surface area contributed by atoms with Crippen LogP contribution >= 0.6 is 35.0 Å². The van der Waals surface area contributed by atoms with Gasteiger partial charge in [0.15, 0.2) is 0 Å². The van der Waals surface area contributed by atoms with Crippen LogP contribution in [-0.4, -0.2) is 26.0 Å². The molecule has 0 radical (unpaired) electrons. The third kappa shape index (κ3) is 4.70. The normalized spacial score (nSPS) is 22.8. The van der Waals surface area contributed by atoms with Gasteiger partial charge in [-0.1, -0.05) is 47.5 Å². The quantitative estimate of drug-likeness (QED) is 0.315. The maximum absolute atomic E-state index is 13.2. The van der Waals surface area contributed by atoms with Gasteiger partial charge in [-0.2, -0.15) is 11.8 Å². The Labute approximate surface area is 225 Å². The second-order valence-corrected chi connectivity index (χ2v) is 13.0. The van der Waals surface area contributed by atoms with Crippen molar-refractivity contribution in [3.8, 4) is 5.75 Å². The Balaban J connectivity index is 1.29. The molecule has 0 aromatic heterocycles. The lowest BCUT2D eigenvalue weighted by molar-refractivity contribution is 0.240. The Morgan fingerprint density at radius 1 is 1.00 bits per heavy atom. The van der Waals surface area contributed by atoms with Crippen molar-refractivity contribution < 1.29 is 13.2 Å². The molecule has 6 rings (SSSR count). The van der Waals surface area contributed by atoms with E-state index in [-0.39, 0.29) is 22.8 Å². The molecule has 1 aliphatic carbocycles. The monoisotopic (exact) mass is 558 g/mol. The molecule has 1 saturated heterocycles. The Kier molecular flexibility index (Phi) is 6.36. The second-order valence-electron chi connectivity index (χ2n) is 9.34. The van der Waals surface area contributed by atoms with E-state index in [1.807, 2.05) is 23.9 Å². The highest BCUT2D eigenvalue weighted by Gasteiger charge is 2.38. The summed E-state index contributed by atoms with van der Waals surface area (Å²) in [5.74, 6) is 3.39. The summed E-state index contributed by atoms with van der Waals surface area (Å²) in [6, 6.07) is 18.3. The minimum absolute atomic E-state index is 0.103. The van der Waals surface area contributed by atoms with Crippen molar-refractivity contribution >= 4 is 56.4 Å². The van der Waals surface area contributed by atoms with Gasteiger partial charge < -0.3 is 10.1 Å². The number of anilines is 2. The molecule has 3 aromatic rings. The highest BCUT2D eigenvalue weighted by molar-refractivity contribution is 8.00. The van der Waals surface area contributed by atoms with Crippen molar-refractivity contribution in [2.24, 2.45) is 5.92 Å². The van der Waals surface area contributed by atoms with Crippen molar-refractivity contribution in [3.05, 3.63) is 94.0 Å². The highest BCUT2D eigenvalue weighted by atomic mass is 35.5. The predicted octanol–water partition coefficient (Wildman–Crippen LogP) is 7.11. The van der Waals surface area contributed by atoms with Gasteiger partial charge in [0.25, 0.3) is 10.0 Å². The Hall–Kier alpha value is -2.32. The van der Waals surface area contributed by atoms with E-state index >= 15 is 0 Å². The van der Waals surface area contributed by atoms with E-state index in [1.54, 1.807) is 18.2 Å². The van der Waals surface area contributed by atoms with E-state index in [1.165, 1.54) is 17.7 Å². The van der Waals surface area contributed by atoms with Crippen LogP contribution in [0, 0.1) is 5.92 Å². The van der Waals surface area contributed by atoms with Crippen LogP contribution in [0.4, 0.5) is 11.4 Å². The molecule has 36 heavy (non-hydrogen) atoms. The second kappa shape index (κ2) is 9.53. The van der Waals surface area contributed by atoms with Crippen molar-refractivity contribution in [3.63, 3.8) is 0 Å². The van der Waals surface area contributed by atoms with Crippen molar-refractivity contribution in [2.45, 2.75) is 29.4 Å². The molecule has 186 valence electrons. The van der Waals surface area contributed by atoms with E-state index in [4.69, 9.17) is 27.9 Å². The third-order valence-corrected chi connectivity index (χ3v) is 9.92. The number of hydrogen-bond acceptors (Lipinski definition) is 5. The summed E-state index contributed by atoms with van der Waals surface area (Å²) in [6.45, 7) is 0. The van der Waals surface area contributed by atoms with Crippen LogP contribution in [0.15, 0.2) is 77.7 Å². The average molecular weight is 560 g/mol. The van der Waals surface area contributed by atoms with Gasteiger partial charge in [0.05, 0.1) is 16.6 Å². The van der Waals surface area contributed by atoms with E-state index in [0.717, 1.165) is 34.9 Å². The SMILES string of the molecule is O=S(=O)(Nc1cc(Cl)cc(Cl)c1)c1ccc2c(c1)[C@H]1C=CC[C@H]1[C@@H](c1cccc(OC3CSC3)c1)N2. The largest absolute Gasteiger partial charge is 0.489 e. The topological polar surface area (TPSA) is 67.4 Å². The Morgan fingerprint density at radius 3 is 2.56 bits per heavy atom. The summed E-state index contributed by atoms with van der Waals surface area (Å²) >= 11 is 14.0. The summed E-state index contributed by atoms with van der Waals surface area (Å²) in [7, 11) is -3.83. The molecule has 0 spiro atoms. The number of allylic oxidation sites excluding steroid dienone is 2. The standard InChI is InChI=1S/C27H24Cl2N2O3S2/c28-17-10-18(29)12-19(11-17)31-36(32,33)22-7-8-26-25(13-22)23-5-2-6-24(23)27(30-26)16-3-1-4-20(9-16)34-21-14-35-15-21/h1-5,7-13,21,23-24,27,30-31H,6,14-15H2/t23-,24+,27+/m0/s1. The first-order valence-corrected chi connectivity index (χ1v) is 15.2. The Morgan fingerprint density at radius 2 is 1.81 bits per heavy atom. The Bertz CT molecular complexity index is 1440. The maximum Gasteiger partial charge on any atom is 0.261 e. The van der Waals surface area contributed by atoms with Crippen LogP contribution in [0.2, 0.25) is 10.0 Å². The van der Waals surface area contributed by atoms with Gasteiger partial charge in [-0.15, -0.1) is 0 Å². The number of thioether (sulfide) groups is 1. The maximum atomic E-state index is 13.2. The fourth-order valence-corrected chi connectivity index (χ4v) is 7.32. The first-order chi connectivity index (χ1) is 17.4. The number of fused-ring (bicyclic) bond motifs is 3. The van der Waals surface area contributed by atoms with Gasteiger partial charge in [-0.05, 0) is 72.0 Å². The molecule has 0 unspecified atom stereocenters. The molecule has 1 fully saturated rings. The van der Waals surface area contributed by atoms with Crippen LogP contribution in [-0.2, 0) is 10.0 Å². The van der Waals surface area contributed by atoms with Crippen molar-refractivity contribution in [2.75, 3.05) is 21.5 Å². The van der Waals surface area contributed by atoms with Crippen molar-refractivity contribution in [1.29, 1.82) is 0 Å². The molecule has 2 N–H and O–H groups in total. The zero-order valence-electron chi connectivity index (χ0n) is 19.2. The summed E-state index contributed by atoms with van der Waals surface area (Å²) in [5.41, 5.74) is 3.43. The number of hydrogen-bond donors (Lipinski definition) is 2. The number of sulfonamides is 1. The van der Waals surface area contributed by atoms with Gasteiger partial charge in [0.2, 0.25) is 0 Å². The summed E-state index contributed by atoms with van der Waals surface area (Å²) < 4.78 is 35.1. The summed E-state index contributed by atoms with van der Waals surface area (Å²) in [6.07, 6.45) is 5.60. The number of nitrogens with one attached hydrogen (secondary N) is 2. The molecule has 0 amide bonds. The molecule has 2 heterocycles. The molecule has 3 aliphatic rings. The smallest absolute Gasteiger partial charge is 0.261 e. The number of halogens is 2. The van der Waals surface area contributed by atoms with E-state index in [9.17, 15) is 8.42 Å². The molecule has 0 saturated carbocycles. The van der Waals surface area contributed by atoms with Gasteiger partial charge >= 0.3 is 0 Å². The van der Waals surface area contributed by atoms with Crippen LogP contribution in [0.25, 0.3) is 0 Å². The highest BCUT2D eigenvalue weighted by Crippen LogP contribution is 2.50. The molecule has 3 atom stereocenters. The van der Waals surface area contributed by atoms with Gasteiger partial charge in [-0.3, -0.25) is 4.72 Å². The lowest BCUT2D eigenvalue weighted by Gasteiger charge is -2.38. The molecule has 2 aliphatic heterocycles. The first kappa shape index (κ1) is 24.0.